The molecule has 0 amide bonds. The molecule has 0 saturated heterocycles. The predicted molar refractivity (Wildman–Crippen MR) is 81.6 cm³/mol. The summed E-state index contributed by atoms with van der Waals surface area (Å²) in [5.41, 5.74) is 0. The first-order valence-electron chi connectivity index (χ1n) is 6.35. The van der Waals surface area contributed by atoms with E-state index in [1.54, 1.807) is 0 Å². The lowest BCUT2D eigenvalue weighted by atomic mass is 10.2. The van der Waals surface area contributed by atoms with Crippen LogP contribution >= 0.6 is 27.5 Å². The molecule has 102 valence electrons. The molecular weight excluding hydrogens is 314 g/mol. The molecule has 0 heterocycles. The highest BCUT2D eigenvalue weighted by Gasteiger charge is 2.10. The first-order chi connectivity index (χ1) is 8.52. The molecule has 18 heavy (non-hydrogen) atoms. The third kappa shape index (κ3) is 5.59. The van der Waals surface area contributed by atoms with E-state index in [0.717, 1.165) is 29.7 Å². The molecule has 1 atom stereocenters. The smallest absolute Gasteiger partial charge is 0.134 e. The van der Waals surface area contributed by atoms with E-state index in [-0.39, 0.29) is 6.10 Å². The maximum atomic E-state index is 5.96. The van der Waals surface area contributed by atoms with Crippen molar-refractivity contribution in [3.05, 3.63) is 27.7 Å². The van der Waals surface area contributed by atoms with Crippen molar-refractivity contribution in [2.75, 3.05) is 13.1 Å². The lowest BCUT2D eigenvalue weighted by Crippen LogP contribution is -2.33. The number of hydrogen-bond donors (Lipinski definition) is 1. The van der Waals surface area contributed by atoms with Crippen LogP contribution in [0.2, 0.25) is 5.02 Å². The van der Waals surface area contributed by atoms with Crippen molar-refractivity contribution in [1.82, 2.24) is 5.32 Å². The molecule has 0 spiro atoms. The van der Waals surface area contributed by atoms with Gasteiger partial charge < -0.3 is 10.1 Å². The van der Waals surface area contributed by atoms with Crippen molar-refractivity contribution in [3.63, 3.8) is 0 Å². The van der Waals surface area contributed by atoms with Crippen LogP contribution in [0.5, 0.6) is 5.75 Å². The molecule has 0 bridgehead atoms. The molecule has 0 aliphatic rings. The monoisotopic (exact) mass is 333 g/mol. The minimum absolute atomic E-state index is 0.182. The summed E-state index contributed by atoms with van der Waals surface area (Å²) in [6, 6.07) is 5.60. The van der Waals surface area contributed by atoms with Gasteiger partial charge in [0, 0.05) is 11.6 Å². The molecule has 0 aliphatic carbocycles. The Morgan fingerprint density at radius 1 is 1.33 bits per heavy atom. The molecule has 2 nitrogen and oxygen atoms in total. The molecule has 1 N–H and O–H groups in total. The van der Waals surface area contributed by atoms with Gasteiger partial charge in [0.05, 0.1) is 4.47 Å². The Hall–Kier alpha value is -0.250. The SMILES string of the molecule is CCC(CNCC(C)C)Oc1ccc(Cl)cc1Br. The van der Waals surface area contributed by atoms with Crippen LogP contribution in [0.3, 0.4) is 0 Å². The molecule has 0 fully saturated rings. The highest BCUT2D eigenvalue weighted by Crippen LogP contribution is 2.29. The lowest BCUT2D eigenvalue weighted by Gasteiger charge is -2.19. The zero-order chi connectivity index (χ0) is 13.5. The third-order valence-electron chi connectivity index (χ3n) is 2.57. The van der Waals surface area contributed by atoms with Gasteiger partial charge in [0.25, 0.3) is 0 Å². The summed E-state index contributed by atoms with van der Waals surface area (Å²) in [6.45, 7) is 8.41. The van der Waals surface area contributed by atoms with Crippen LogP contribution in [0.15, 0.2) is 22.7 Å². The minimum Gasteiger partial charge on any atom is -0.488 e. The van der Waals surface area contributed by atoms with Gasteiger partial charge in [-0.1, -0.05) is 32.4 Å². The molecule has 1 unspecified atom stereocenters. The van der Waals surface area contributed by atoms with Gasteiger partial charge in [0.15, 0.2) is 0 Å². The Bertz CT molecular complexity index is 371. The summed E-state index contributed by atoms with van der Waals surface area (Å²) >= 11 is 9.37. The Kier molecular flexibility index (Phi) is 7.05. The van der Waals surface area contributed by atoms with E-state index in [1.165, 1.54) is 0 Å². The maximum Gasteiger partial charge on any atom is 0.134 e. The minimum atomic E-state index is 0.182. The molecular formula is C14H21BrClNO. The second-order valence-electron chi connectivity index (χ2n) is 4.77. The fourth-order valence-electron chi connectivity index (χ4n) is 1.55. The number of halogens is 2. The van der Waals surface area contributed by atoms with Gasteiger partial charge in [0.1, 0.15) is 11.9 Å². The van der Waals surface area contributed by atoms with Gasteiger partial charge in [-0.25, -0.2) is 0 Å². The quantitative estimate of drug-likeness (QED) is 0.792. The largest absolute Gasteiger partial charge is 0.488 e. The molecule has 1 aromatic rings. The van der Waals surface area contributed by atoms with E-state index in [2.05, 4.69) is 42.0 Å². The van der Waals surface area contributed by atoms with Crippen molar-refractivity contribution in [2.24, 2.45) is 5.92 Å². The average Bonchev–Trinajstić information content (AvgIpc) is 2.30. The van der Waals surface area contributed by atoms with Crippen LogP contribution in [0.25, 0.3) is 0 Å². The Morgan fingerprint density at radius 2 is 2.06 bits per heavy atom. The number of ether oxygens (including phenoxy) is 1. The first kappa shape index (κ1) is 15.8. The van der Waals surface area contributed by atoms with Gasteiger partial charge in [-0.15, -0.1) is 0 Å². The molecule has 0 aromatic heterocycles. The van der Waals surface area contributed by atoms with E-state index in [9.17, 15) is 0 Å². The van der Waals surface area contributed by atoms with Crippen molar-refractivity contribution in [1.29, 1.82) is 0 Å². The summed E-state index contributed by atoms with van der Waals surface area (Å²) in [5.74, 6) is 1.50. The number of hydrogen-bond acceptors (Lipinski definition) is 2. The summed E-state index contributed by atoms with van der Waals surface area (Å²) in [5, 5.41) is 4.13. The molecule has 4 heteroatoms. The van der Waals surface area contributed by atoms with Crippen LogP contribution in [-0.2, 0) is 0 Å². The average molecular weight is 335 g/mol. The topological polar surface area (TPSA) is 21.3 Å². The van der Waals surface area contributed by atoms with Crippen LogP contribution in [0.4, 0.5) is 0 Å². The second-order valence-corrected chi connectivity index (χ2v) is 6.07. The predicted octanol–water partition coefficient (Wildman–Crippen LogP) is 4.51. The van der Waals surface area contributed by atoms with Crippen molar-refractivity contribution >= 4 is 27.5 Å². The normalized spacial score (nSPS) is 12.8. The van der Waals surface area contributed by atoms with Gasteiger partial charge in [-0.05, 0) is 53.0 Å². The Morgan fingerprint density at radius 3 is 2.61 bits per heavy atom. The number of benzene rings is 1. The zero-order valence-corrected chi connectivity index (χ0v) is 13.5. The summed E-state index contributed by atoms with van der Waals surface area (Å²) in [7, 11) is 0. The first-order valence-corrected chi connectivity index (χ1v) is 7.52. The highest BCUT2D eigenvalue weighted by molar-refractivity contribution is 9.10. The van der Waals surface area contributed by atoms with Gasteiger partial charge >= 0.3 is 0 Å². The van der Waals surface area contributed by atoms with Crippen molar-refractivity contribution in [2.45, 2.75) is 33.3 Å². The molecule has 0 aliphatic heterocycles. The molecule has 0 saturated carbocycles. The van der Waals surface area contributed by atoms with E-state index < -0.39 is 0 Å². The number of nitrogens with one attached hydrogen (secondary N) is 1. The Labute approximate surface area is 123 Å². The fraction of sp³-hybridized carbons (Fsp3) is 0.571. The lowest BCUT2D eigenvalue weighted by molar-refractivity contribution is 0.191. The number of rotatable bonds is 7. The van der Waals surface area contributed by atoms with Gasteiger partial charge in [-0.3, -0.25) is 0 Å². The second kappa shape index (κ2) is 8.03. The van der Waals surface area contributed by atoms with Crippen LogP contribution in [0, 0.1) is 5.92 Å². The highest BCUT2D eigenvalue weighted by atomic mass is 79.9. The molecule has 1 aromatic carbocycles. The molecule has 0 radical (unpaired) electrons. The fourth-order valence-corrected chi connectivity index (χ4v) is 2.33. The van der Waals surface area contributed by atoms with Crippen LogP contribution in [-0.4, -0.2) is 19.2 Å². The van der Waals surface area contributed by atoms with E-state index >= 15 is 0 Å². The summed E-state index contributed by atoms with van der Waals surface area (Å²) in [4.78, 5) is 0. The van der Waals surface area contributed by atoms with Gasteiger partial charge in [0.2, 0.25) is 0 Å². The Balaban J connectivity index is 2.51. The molecule has 1 rings (SSSR count). The van der Waals surface area contributed by atoms with Crippen LogP contribution < -0.4 is 10.1 Å². The van der Waals surface area contributed by atoms with E-state index in [1.807, 2.05) is 18.2 Å². The summed E-state index contributed by atoms with van der Waals surface area (Å²) < 4.78 is 6.86. The summed E-state index contributed by atoms with van der Waals surface area (Å²) in [6.07, 6.45) is 1.15. The van der Waals surface area contributed by atoms with Crippen molar-refractivity contribution in [3.8, 4) is 5.75 Å². The van der Waals surface area contributed by atoms with Gasteiger partial charge in [-0.2, -0.15) is 0 Å². The zero-order valence-electron chi connectivity index (χ0n) is 11.2. The van der Waals surface area contributed by atoms with E-state index in [0.29, 0.717) is 10.9 Å². The van der Waals surface area contributed by atoms with Crippen LogP contribution in [0.1, 0.15) is 27.2 Å². The maximum absolute atomic E-state index is 5.96. The van der Waals surface area contributed by atoms with E-state index in [4.69, 9.17) is 16.3 Å². The standard InChI is InChI=1S/C14H21BrClNO/c1-4-12(9-17-8-10(2)3)18-14-6-5-11(16)7-13(14)15/h5-7,10,12,17H,4,8-9H2,1-3H3. The third-order valence-corrected chi connectivity index (χ3v) is 3.42. The van der Waals surface area contributed by atoms with Crippen molar-refractivity contribution < 1.29 is 4.74 Å².